The van der Waals surface area contributed by atoms with Crippen molar-refractivity contribution in [2.24, 2.45) is 5.92 Å². The van der Waals surface area contributed by atoms with Crippen LogP contribution < -0.4 is 4.74 Å². The quantitative estimate of drug-likeness (QED) is 0.769. The molecule has 1 aromatic rings. The summed E-state index contributed by atoms with van der Waals surface area (Å²) in [6.07, 6.45) is 8.43. The van der Waals surface area contributed by atoms with Crippen LogP contribution >= 0.6 is 0 Å². The zero-order chi connectivity index (χ0) is 13.1. The van der Waals surface area contributed by atoms with Crippen molar-refractivity contribution in [2.45, 2.75) is 46.5 Å². The molecule has 2 heterocycles. The molecule has 0 unspecified atom stereocenters. The van der Waals surface area contributed by atoms with Gasteiger partial charge >= 0.3 is 0 Å². The van der Waals surface area contributed by atoms with Crippen LogP contribution in [-0.2, 0) is 0 Å². The molecule has 1 aliphatic heterocycles. The van der Waals surface area contributed by atoms with E-state index in [1.807, 2.05) is 12.4 Å². The van der Waals surface area contributed by atoms with E-state index in [1.54, 1.807) is 0 Å². The third-order valence-electron chi connectivity index (χ3n) is 3.44. The Morgan fingerprint density at radius 3 is 2.56 bits per heavy atom. The van der Waals surface area contributed by atoms with Gasteiger partial charge in [0, 0.05) is 11.8 Å². The number of aromatic nitrogens is 1. The zero-order valence-electron chi connectivity index (χ0n) is 11.9. The monoisotopic (exact) mass is 245 g/mol. The molecule has 0 atom stereocenters. The van der Waals surface area contributed by atoms with Crippen LogP contribution in [0.5, 0.6) is 5.75 Å². The number of ether oxygens (including phenoxy) is 1. The first-order valence-electron chi connectivity index (χ1n) is 6.92. The van der Waals surface area contributed by atoms with Crippen LogP contribution in [0.1, 0.15) is 57.6 Å². The molecule has 98 valence electrons. The van der Waals surface area contributed by atoms with Gasteiger partial charge in [-0.3, -0.25) is 4.98 Å². The molecule has 2 heteroatoms. The van der Waals surface area contributed by atoms with Gasteiger partial charge in [0.1, 0.15) is 5.75 Å². The highest BCUT2D eigenvalue weighted by atomic mass is 16.5. The minimum absolute atomic E-state index is 0.470. The van der Waals surface area contributed by atoms with Crippen molar-refractivity contribution in [3.8, 4) is 5.75 Å². The molecule has 0 bridgehead atoms. The number of hydrogen-bond donors (Lipinski definition) is 0. The van der Waals surface area contributed by atoms with E-state index < -0.39 is 0 Å². The maximum atomic E-state index is 5.90. The lowest BCUT2D eigenvalue weighted by atomic mass is 9.87. The number of fused-ring (bicyclic) bond motifs is 1. The maximum absolute atomic E-state index is 5.90. The predicted molar refractivity (Wildman–Crippen MR) is 75.9 cm³/mol. The second kappa shape index (κ2) is 5.55. The second-order valence-electron chi connectivity index (χ2n) is 5.56. The predicted octanol–water partition coefficient (Wildman–Crippen LogP) is 4.42. The molecule has 1 aromatic heterocycles. The molecule has 2 rings (SSSR count). The first-order valence-corrected chi connectivity index (χ1v) is 6.92. The summed E-state index contributed by atoms with van der Waals surface area (Å²) < 4.78 is 5.90. The van der Waals surface area contributed by atoms with Gasteiger partial charge in [0.05, 0.1) is 12.8 Å². The van der Waals surface area contributed by atoms with Crippen molar-refractivity contribution in [1.82, 2.24) is 4.98 Å². The van der Waals surface area contributed by atoms with Gasteiger partial charge in [0.2, 0.25) is 0 Å². The van der Waals surface area contributed by atoms with Gasteiger partial charge < -0.3 is 4.74 Å². The smallest absolute Gasteiger partial charge is 0.145 e. The third-order valence-corrected chi connectivity index (χ3v) is 3.44. The van der Waals surface area contributed by atoms with Crippen molar-refractivity contribution in [1.29, 1.82) is 0 Å². The largest absolute Gasteiger partial charge is 0.491 e. The fourth-order valence-electron chi connectivity index (χ4n) is 2.46. The molecule has 0 aromatic carbocycles. The van der Waals surface area contributed by atoms with E-state index >= 15 is 0 Å². The summed E-state index contributed by atoms with van der Waals surface area (Å²) in [6.45, 7) is 9.73. The van der Waals surface area contributed by atoms with Gasteiger partial charge in [-0.1, -0.05) is 33.8 Å². The van der Waals surface area contributed by atoms with Crippen LogP contribution in [0.15, 0.2) is 18.5 Å². The summed E-state index contributed by atoms with van der Waals surface area (Å²) in [5, 5.41) is 0. The lowest BCUT2D eigenvalue weighted by molar-refractivity contribution is 0.307. The Labute approximate surface area is 110 Å². The Morgan fingerprint density at radius 2 is 1.89 bits per heavy atom. The Balaban J connectivity index is 2.60. The van der Waals surface area contributed by atoms with Crippen LogP contribution in [0, 0.1) is 5.92 Å². The minimum atomic E-state index is 0.470. The Kier molecular flexibility index (Phi) is 4.05. The Morgan fingerprint density at radius 1 is 1.11 bits per heavy atom. The normalized spacial score (nSPS) is 18.7. The highest BCUT2D eigenvalue weighted by Crippen LogP contribution is 2.37. The number of pyridine rings is 1. The Bertz CT molecular complexity index is 446. The number of nitrogens with zero attached hydrogens (tertiary/aromatic N) is 1. The average molecular weight is 245 g/mol. The van der Waals surface area contributed by atoms with Gasteiger partial charge in [-0.15, -0.1) is 0 Å². The van der Waals surface area contributed by atoms with E-state index in [1.165, 1.54) is 16.7 Å². The second-order valence-corrected chi connectivity index (χ2v) is 5.56. The van der Waals surface area contributed by atoms with E-state index in [-0.39, 0.29) is 0 Å². The van der Waals surface area contributed by atoms with E-state index in [0.717, 1.165) is 25.2 Å². The van der Waals surface area contributed by atoms with Crippen molar-refractivity contribution in [2.75, 3.05) is 6.61 Å². The molecule has 0 aliphatic carbocycles. The molecule has 18 heavy (non-hydrogen) atoms. The SMILES string of the molecule is CC(C)/C1=C/CCCOc2cncc(C(C)C)c21. The third kappa shape index (κ3) is 2.58. The fraction of sp³-hybridized carbons (Fsp3) is 0.562. The zero-order valence-corrected chi connectivity index (χ0v) is 11.9. The standard InChI is InChI=1S/C16H23NO/c1-11(2)13-7-5-6-8-18-15-10-17-9-14(12(3)4)16(13)15/h7,9-12H,5-6,8H2,1-4H3/b13-7-. The van der Waals surface area contributed by atoms with Gasteiger partial charge in [-0.2, -0.15) is 0 Å². The van der Waals surface area contributed by atoms with Gasteiger partial charge in [-0.25, -0.2) is 0 Å². The van der Waals surface area contributed by atoms with Crippen molar-refractivity contribution in [3.05, 3.63) is 29.6 Å². The van der Waals surface area contributed by atoms with Crippen LogP contribution in [0.25, 0.3) is 5.57 Å². The summed E-state index contributed by atoms with van der Waals surface area (Å²) in [6, 6.07) is 0. The van der Waals surface area contributed by atoms with Crippen LogP contribution in [0.4, 0.5) is 0 Å². The molecule has 0 saturated heterocycles. The van der Waals surface area contributed by atoms with E-state index in [9.17, 15) is 0 Å². The summed E-state index contributed by atoms with van der Waals surface area (Å²) in [5.74, 6) is 1.95. The van der Waals surface area contributed by atoms with Gasteiger partial charge in [-0.05, 0) is 35.8 Å². The number of allylic oxidation sites excluding steroid dienone is 2. The molecule has 0 radical (unpaired) electrons. The number of hydrogen-bond acceptors (Lipinski definition) is 2. The lowest BCUT2D eigenvalue weighted by Gasteiger charge is -2.23. The molecular weight excluding hydrogens is 222 g/mol. The van der Waals surface area contributed by atoms with Crippen molar-refractivity contribution >= 4 is 5.57 Å². The van der Waals surface area contributed by atoms with E-state index in [2.05, 4.69) is 38.8 Å². The molecule has 0 fully saturated rings. The molecule has 0 amide bonds. The molecule has 0 spiro atoms. The first kappa shape index (κ1) is 13.1. The highest BCUT2D eigenvalue weighted by molar-refractivity contribution is 5.74. The maximum Gasteiger partial charge on any atom is 0.145 e. The Hall–Kier alpha value is -1.31. The van der Waals surface area contributed by atoms with Crippen molar-refractivity contribution < 1.29 is 4.74 Å². The van der Waals surface area contributed by atoms with Crippen LogP contribution in [0.2, 0.25) is 0 Å². The molecule has 0 saturated carbocycles. The first-order chi connectivity index (χ1) is 8.61. The van der Waals surface area contributed by atoms with E-state index in [4.69, 9.17) is 4.74 Å². The van der Waals surface area contributed by atoms with Crippen LogP contribution in [0.3, 0.4) is 0 Å². The van der Waals surface area contributed by atoms with Gasteiger partial charge in [0.25, 0.3) is 0 Å². The number of rotatable bonds is 2. The summed E-state index contributed by atoms with van der Waals surface area (Å²) >= 11 is 0. The lowest BCUT2D eigenvalue weighted by Crippen LogP contribution is -2.09. The summed E-state index contributed by atoms with van der Waals surface area (Å²) in [5.41, 5.74) is 4.00. The van der Waals surface area contributed by atoms with Crippen molar-refractivity contribution in [3.63, 3.8) is 0 Å². The fourth-order valence-corrected chi connectivity index (χ4v) is 2.46. The molecule has 1 aliphatic rings. The highest BCUT2D eigenvalue weighted by Gasteiger charge is 2.20. The molecule has 0 N–H and O–H groups in total. The summed E-state index contributed by atoms with van der Waals surface area (Å²) in [7, 11) is 0. The van der Waals surface area contributed by atoms with E-state index in [0.29, 0.717) is 11.8 Å². The topological polar surface area (TPSA) is 22.1 Å². The van der Waals surface area contributed by atoms with Gasteiger partial charge in [0.15, 0.2) is 0 Å². The minimum Gasteiger partial charge on any atom is -0.491 e. The van der Waals surface area contributed by atoms with Crippen LogP contribution in [-0.4, -0.2) is 11.6 Å². The molecule has 2 nitrogen and oxygen atoms in total. The average Bonchev–Trinajstić information content (AvgIpc) is 2.28. The summed E-state index contributed by atoms with van der Waals surface area (Å²) in [4.78, 5) is 4.33. The molecular formula is C16H23NO.